The van der Waals surface area contributed by atoms with E-state index in [9.17, 15) is 8.42 Å². The van der Waals surface area contributed by atoms with Crippen LogP contribution >= 0.6 is 11.6 Å². The first-order valence-corrected chi connectivity index (χ1v) is 6.08. The summed E-state index contributed by atoms with van der Waals surface area (Å²) in [6.07, 6.45) is 0. The Hall–Kier alpha value is 0.160. The van der Waals surface area contributed by atoms with Crippen LogP contribution in [0.25, 0.3) is 0 Å². The molecular formula is C7H16ClNO3S. The number of sulfonamides is 1. The molecule has 0 rings (SSSR count). The fraction of sp³-hybridized carbons (Fsp3) is 1.00. The Morgan fingerprint density at radius 3 is 2.38 bits per heavy atom. The first kappa shape index (κ1) is 13.2. The van der Waals surface area contributed by atoms with Crippen molar-refractivity contribution in [3.63, 3.8) is 0 Å². The SMILES string of the molecule is COCCS(=O)(=O)NC(C)(C)CCl. The standard InChI is InChI=1S/C7H16ClNO3S/c1-7(2,6-8)9-13(10,11)5-4-12-3/h9H,4-6H2,1-3H3. The van der Waals surface area contributed by atoms with Crippen LogP contribution in [0.1, 0.15) is 13.8 Å². The van der Waals surface area contributed by atoms with E-state index in [1.165, 1.54) is 7.11 Å². The molecule has 0 aliphatic carbocycles. The summed E-state index contributed by atoms with van der Waals surface area (Å²) in [6.45, 7) is 3.64. The van der Waals surface area contributed by atoms with E-state index in [1.54, 1.807) is 13.8 Å². The number of rotatable bonds is 6. The predicted molar refractivity (Wildman–Crippen MR) is 53.6 cm³/mol. The smallest absolute Gasteiger partial charge is 0.214 e. The zero-order valence-corrected chi connectivity index (χ0v) is 9.70. The van der Waals surface area contributed by atoms with E-state index in [1.807, 2.05) is 0 Å². The second-order valence-electron chi connectivity index (χ2n) is 3.43. The van der Waals surface area contributed by atoms with Crippen LogP contribution in [0, 0.1) is 0 Å². The van der Waals surface area contributed by atoms with Crippen LogP contribution < -0.4 is 4.72 Å². The zero-order chi connectivity index (χ0) is 10.5. The van der Waals surface area contributed by atoms with Crippen molar-refractivity contribution in [2.45, 2.75) is 19.4 Å². The van der Waals surface area contributed by atoms with E-state index in [4.69, 9.17) is 11.6 Å². The maximum Gasteiger partial charge on any atom is 0.214 e. The summed E-state index contributed by atoms with van der Waals surface area (Å²) >= 11 is 5.58. The average molecular weight is 230 g/mol. The molecule has 0 saturated carbocycles. The van der Waals surface area contributed by atoms with Gasteiger partial charge in [-0.3, -0.25) is 0 Å². The Morgan fingerprint density at radius 2 is 2.00 bits per heavy atom. The van der Waals surface area contributed by atoms with Gasteiger partial charge in [0.05, 0.1) is 12.4 Å². The third-order valence-electron chi connectivity index (χ3n) is 1.32. The second kappa shape index (κ2) is 5.14. The highest BCUT2D eigenvalue weighted by atomic mass is 35.5. The fourth-order valence-electron chi connectivity index (χ4n) is 0.692. The average Bonchev–Trinajstić information content (AvgIpc) is 1.99. The number of hydrogen-bond donors (Lipinski definition) is 1. The number of methoxy groups -OCH3 is 1. The lowest BCUT2D eigenvalue weighted by Gasteiger charge is -2.22. The largest absolute Gasteiger partial charge is 0.384 e. The van der Waals surface area contributed by atoms with Crippen molar-refractivity contribution in [3.8, 4) is 0 Å². The summed E-state index contributed by atoms with van der Waals surface area (Å²) < 4.78 is 29.8. The van der Waals surface area contributed by atoms with Gasteiger partial charge < -0.3 is 4.74 Å². The van der Waals surface area contributed by atoms with E-state index in [2.05, 4.69) is 9.46 Å². The Balaban J connectivity index is 4.18. The highest BCUT2D eigenvalue weighted by molar-refractivity contribution is 7.89. The highest BCUT2D eigenvalue weighted by Crippen LogP contribution is 2.06. The van der Waals surface area contributed by atoms with E-state index in [0.29, 0.717) is 0 Å². The van der Waals surface area contributed by atoms with E-state index >= 15 is 0 Å². The lowest BCUT2D eigenvalue weighted by Crippen LogP contribution is -2.46. The minimum Gasteiger partial charge on any atom is -0.384 e. The molecule has 0 heterocycles. The molecule has 80 valence electrons. The summed E-state index contributed by atoms with van der Waals surface area (Å²) in [4.78, 5) is 0. The Labute approximate surface area is 84.7 Å². The predicted octanol–water partition coefficient (Wildman–Crippen LogP) is 0.570. The van der Waals surface area contributed by atoms with Crippen LogP contribution in [0.2, 0.25) is 0 Å². The first-order valence-electron chi connectivity index (χ1n) is 3.89. The van der Waals surface area contributed by atoms with Gasteiger partial charge >= 0.3 is 0 Å². The summed E-state index contributed by atoms with van der Waals surface area (Å²) in [5.74, 6) is 0.197. The normalized spacial score (nSPS) is 13.2. The molecule has 0 aromatic heterocycles. The molecule has 0 aliphatic heterocycles. The third kappa shape index (κ3) is 6.26. The molecule has 4 nitrogen and oxygen atoms in total. The molecule has 0 saturated heterocycles. The van der Waals surface area contributed by atoms with Gasteiger partial charge in [-0.1, -0.05) is 0 Å². The minimum absolute atomic E-state index is 0.0379. The molecule has 0 fully saturated rings. The van der Waals surface area contributed by atoms with Crippen molar-refractivity contribution < 1.29 is 13.2 Å². The molecule has 0 amide bonds. The van der Waals surface area contributed by atoms with Gasteiger partial charge in [0.25, 0.3) is 0 Å². The summed E-state index contributed by atoms with van der Waals surface area (Å²) in [5.41, 5.74) is -0.603. The molecular weight excluding hydrogens is 214 g/mol. The van der Waals surface area contributed by atoms with Crippen LogP contribution in [0.5, 0.6) is 0 Å². The maximum absolute atomic E-state index is 11.3. The fourth-order valence-corrected chi connectivity index (χ4v) is 2.24. The number of alkyl halides is 1. The zero-order valence-electron chi connectivity index (χ0n) is 8.13. The van der Waals surface area contributed by atoms with Crippen LogP contribution in [-0.4, -0.2) is 39.3 Å². The number of hydrogen-bond acceptors (Lipinski definition) is 3. The van der Waals surface area contributed by atoms with Gasteiger partial charge in [-0.2, -0.15) is 0 Å². The highest BCUT2D eigenvalue weighted by Gasteiger charge is 2.23. The summed E-state index contributed by atoms with van der Waals surface area (Å²) in [7, 11) is -1.81. The topological polar surface area (TPSA) is 55.4 Å². The van der Waals surface area contributed by atoms with Gasteiger partial charge in [0.2, 0.25) is 10.0 Å². The Bertz CT molecular complexity index is 238. The molecule has 0 aromatic rings. The number of nitrogens with one attached hydrogen (secondary N) is 1. The maximum atomic E-state index is 11.3. The molecule has 0 radical (unpaired) electrons. The van der Waals surface area contributed by atoms with Crippen LogP contribution in [0.15, 0.2) is 0 Å². The lowest BCUT2D eigenvalue weighted by molar-refractivity contribution is 0.216. The Kier molecular flexibility index (Phi) is 5.21. The van der Waals surface area contributed by atoms with Gasteiger partial charge in [0.15, 0.2) is 0 Å². The van der Waals surface area contributed by atoms with Crippen molar-refractivity contribution in [1.29, 1.82) is 0 Å². The molecule has 13 heavy (non-hydrogen) atoms. The van der Waals surface area contributed by atoms with Gasteiger partial charge in [-0.25, -0.2) is 13.1 Å². The third-order valence-corrected chi connectivity index (χ3v) is 3.56. The van der Waals surface area contributed by atoms with Crippen molar-refractivity contribution >= 4 is 21.6 Å². The van der Waals surface area contributed by atoms with Gasteiger partial charge in [-0.15, -0.1) is 11.6 Å². The quantitative estimate of drug-likeness (QED) is 0.678. The van der Waals surface area contributed by atoms with E-state index < -0.39 is 15.6 Å². The minimum atomic E-state index is -3.27. The number of halogens is 1. The molecule has 0 bridgehead atoms. The lowest BCUT2D eigenvalue weighted by atomic mass is 10.1. The van der Waals surface area contributed by atoms with E-state index in [-0.39, 0.29) is 18.2 Å². The van der Waals surface area contributed by atoms with Crippen LogP contribution in [0.4, 0.5) is 0 Å². The molecule has 6 heteroatoms. The van der Waals surface area contributed by atoms with Crippen LogP contribution in [-0.2, 0) is 14.8 Å². The summed E-state index contributed by atoms with van der Waals surface area (Å²) in [6, 6.07) is 0. The molecule has 1 N–H and O–H groups in total. The molecule has 0 aromatic carbocycles. The molecule has 0 unspecified atom stereocenters. The van der Waals surface area contributed by atoms with E-state index in [0.717, 1.165) is 0 Å². The Morgan fingerprint density at radius 1 is 1.46 bits per heavy atom. The molecule has 0 spiro atoms. The van der Waals surface area contributed by atoms with Crippen molar-refractivity contribution in [2.24, 2.45) is 0 Å². The van der Waals surface area contributed by atoms with Gasteiger partial charge in [0, 0.05) is 18.5 Å². The number of ether oxygens (including phenoxy) is 1. The second-order valence-corrected chi connectivity index (χ2v) is 5.54. The van der Waals surface area contributed by atoms with Crippen molar-refractivity contribution in [1.82, 2.24) is 4.72 Å². The summed E-state index contributed by atoms with van der Waals surface area (Å²) in [5, 5.41) is 0. The molecule has 0 atom stereocenters. The van der Waals surface area contributed by atoms with Crippen molar-refractivity contribution in [3.05, 3.63) is 0 Å². The molecule has 0 aliphatic rings. The van der Waals surface area contributed by atoms with Gasteiger partial charge in [0.1, 0.15) is 0 Å². The van der Waals surface area contributed by atoms with Gasteiger partial charge in [-0.05, 0) is 13.8 Å². The van der Waals surface area contributed by atoms with Crippen LogP contribution in [0.3, 0.4) is 0 Å². The monoisotopic (exact) mass is 229 g/mol. The van der Waals surface area contributed by atoms with Crippen molar-refractivity contribution in [2.75, 3.05) is 25.3 Å². The first-order chi connectivity index (χ1) is 5.83.